The highest BCUT2D eigenvalue weighted by molar-refractivity contribution is 7.80. The molecule has 2 atom stereocenters. The van der Waals surface area contributed by atoms with Crippen molar-refractivity contribution in [1.82, 2.24) is 5.32 Å². The second-order valence-electron chi connectivity index (χ2n) is 4.52. The van der Waals surface area contributed by atoms with Gasteiger partial charge in [-0.1, -0.05) is 34.8 Å². The van der Waals surface area contributed by atoms with Crippen molar-refractivity contribution in [3.05, 3.63) is 0 Å². The smallest absolute Gasteiger partial charge is 0.487 e. The topological polar surface area (TPSA) is 73.9 Å². The van der Waals surface area contributed by atoms with Crippen LogP contribution in [0.2, 0.25) is 0 Å². The maximum absolute atomic E-state index is 11.5. The van der Waals surface area contributed by atoms with Gasteiger partial charge in [-0.15, -0.1) is 0 Å². The largest absolute Gasteiger partial charge is 0.508 e. The summed E-state index contributed by atoms with van der Waals surface area (Å²) >= 11 is 21.3. The number of alkyl halides is 3. The van der Waals surface area contributed by atoms with Crippen molar-refractivity contribution >= 4 is 64.1 Å². The molecule has 22 heavy (non-hydrogen) atoms. The van der Waals surface area contributed by atoms with E-state index in [4.69, 9.17) is 56.5 Å². The minimum absolute atomic E-state index is 0.0225. The summed E-state index contributed by atoms with van der Waals surface area (Å²) in [5.41, 5.74) is 0. The molecule has 0 aromatic carbocycles. The summed E-state index contributed by atoms with van der Waals surface area (Å²) in [5, 5.41) is 3.18. The number of hydrogen-bond acceptors (Lipinski definition) is 6. The second kappa shape index (κ2) is 8.96. The fourth-order valence-corrected chi connectivity index (χ4v) is 2.31. The van der Waals surface area contributed by atoms with Crippen LogP contribution >= 0.6 is 47.0 Å². The van der Waals surface area contributed by atoms with Gasteiger partial charge in [-0.05, 0) is 25.6 Å². The highest BCUT2D eigenvalue weighted by atomic mass is 35.6. The maximum Gasteiger partial charge on any atom is 0.508 e. The lowest BCUT2D eigenvalue weighted by molar-refractivity contribution is -0.135. The Kier molecular flexibility index (Phi) is 7.96. The zero-order valence-electron chi connectivity index (χ0n) is 11.8. The molecular formula is C12H16Cl3NO5S. The Hall–Kier alpha value is -0.500. The molecule has 1 N–H and O–H groups in total. The minimum Gasteiger partial charge on any atom is -0.487 e. The van der Waals surface area contributed by atoms with Crippen molar-refractivity contribution in [3.63, 3.8) is 0 Å². The summed E-state index contributed by atoms with van der Waals surface area (Å²) < 4.78 is 12.9. The molecule has 1 amide bonds. The minimum atomic E-state index is -1.69. The lowest BCUT2D eigenvalue weighted by Gasteiger charge is -2.36. The molecule has 0 aromatic heterocycles. The normalized spacial score (nSPS) is 20.6. The Bertz CT molecular complexity index is 429. The lowest BCUT2D eigenvalue weighted by Crippen LogP contribution is -2.59. The van der Waals surface area contributed by atoms with Crippen LogP contribution in [0.25, 0.3) is 0 Å². The van der Waals surface area contributed by atoms with Gasteiger partial charge in [0.1, 0.15) is 6.61 Å². The molecule has 1 saturated heterocycles. The average Bonchev–Trinajstić information content (AvgIpc) is 2.40. The third kappa shape index (κ3) is 7.17. The van der Waals surface area contributed by atoms with Gasteiger partial charge in [0.15, 0.2) is 5.05 Å². The van der Waals surface area contributed by atoms with Crippen molar-refractivity contribution in [2.75, 3.05) is 19.8 Å². The number of rotatable bonds is 7. The number of carbonyl (C=O) groups excluding carboxylic acids is 2. The standard InChI is InChI=1S/C12H16Cl3NO5S/c1-2-19-9(22)5-8-7(10(17)16-8)3-4-20-11(18)21-6-12(13,14)15/h7-8H,2-6H2,1H3,(H,16,17)/t7-,8+/m0/s1. The van der Waals surface area contributed by atoms with Gasteiger partial charge in [0, 0.05) is 12.5 Å². The number of halogens is 3. The molecule has 1 aliphatic rings. The van der Waals surface area contributed by atoms with E-state index in [-0.39, 0.29) is 24.5 Å². The van der Waals surface area contributed by atoms with E-state index in [1.54, 1.807) is 0 Å². The third-order valence-corrected chi connectivity index (χ3v) is 3.46. The molecule has 126 valence electrons. The van der Waals surface area contributed by atoms with Crippen LogP contribution in [0.1, 0.15) is 19.8 Å². The first kappa shape index (κ1) is 19.5. The molecular weight excluding hydrogens is 377 g/mol. The van der Waals surface area contributed by atoms with Gasteiger partial charge in [0.05, 0.1) is 19.1 Å². The molecule has 10 heteroatoms. The van der Waals surface area contributed by atoms with Crippen molar-refractivity contribution in [2.45, 2.75) is 29.6 Å². The second-order valence-corrected chi connectivity index (χ2v) is 7.49. The van der Waals surface area contributed by atoms with Crippen LogP contribution < -0.4 is 5.32 Å². The van der Waals surface area contributed by atoms with Crippen LogP contribution in [0, 0.1) is 5.92 Å². The Morgan fingerprint density at radius 1 is 1.32 bits per heavy atom. The number of carbonyl (C=O) groups is 2. The Morgan fingerprint density at radius 3 is 2.55 bits per heavy atom. The van der Waals surface area contributed by atoms with Crippen LogP contribution in [0.5, 0.6) is 0 Å². The molecule has 0 spiro atoms. The Labute approximate surface area is 148 Å². The van der Waals surface area contributed by atoms with Gasteiger partial charge < -0.3 is 19.5 Å². The highest BCUT2D eigenvalue weighted by Crippen LogP contribution is 2.26. The van der Waals surface area contributed by atoms with Gasteiger partial charge in [-0.25, -0.2) is 4.79 Å². The zero-order valence-corrected chi connectivity index (χ0v) is 14.9. The van der Waals surface area contributed by atoms with E-state index in [0.717, 1.165) is 0 Å². The van der Waals surface area contributed by atoms with E-state index in [1.165, 1.54) is 0 Å². The van der Waals surface area contributed by atoms with Gasteiger partial charge in [0.2, 0.25) is 9.70 Å². The molecule has 0 bridgehead atoms. The van der Waals surface area contributed by atoms with Gasteiger partial charge >= 0.3 is 6.16 Å². The fraction of sp³-hybridized carbons (Fsp3) is 0.750. The molecule has 1 rings (SSSR count). The van der Waals surface area contributed by atoms with Crippen LogP contribution in [0.15, 0.2) is 0 Å². The summed E-state index contributed by atoms with van der Waals surface area (Å²) in [6.45, 7) is 1.93. The summed E-state index contributed by atoms with van der Waals surface area (Å²) in [6.07, 6.45) is -0.141. The van der Waals surface area contributed by atoms with E-state index in [2.05, 4.69) is 10.1 Å². The summed E-state index contributed by atoms with van der Waals surface area (Å²) in [7, 11) is 0. The third-order valence-electron chi connectivity index (χ3n) is 2.84. The van der Waals surface area contributed by atoms with Crippen molar-refractivity contribution in [3.8, 4) is 0 Å². The zero-order chi connectivity index (χ0) is 16.8. The van der Waals surface area contributed by atoms with Crippen molar-refractivity contribution < 1.29 is 23.8 Å². The fourth-order valence-electron chi connectivity index (χ4n) is 1.85. The monoisotopic (exact) mass is 391 g/mol. The van der Waals surface area contributed by atoms with Gasteiger partial charge in [0.25, 0.3) is 0 Å². The first-order valence-electron chi connectivity index (χ1n) is 6.55. The quantitative estimate of drug-likeness (QED) is 0.311. The van der Waals surface area contributed by atoms with Gasteiger partial charge in [-0.2, -0.15) is 0 Å². The highest BCUT2D eigenvalue weighted by Gasteiger charge is 2.39. The first-order chi connectivity index (χ1) is 10.2. The molecule has 1 heterocycles. The predicted octanol–water partition coefficient (Wildman–Crippen LogP) is 2.77. The number of amides is 1. The predicted molar refractivity (Wildman–Crippen MR) is 86.5 cm³/mol. The van der Waals surface area contributed by atoms with Crippen LogP contribution in [-0.2, 0) is 19.0 Å². The van der Waals surface area contributed by atoms with E-state index in [0.29, 0.717) is 24.5 Å². The van der Waals surface area contributed by atoms with E-state index in [9.17, 15) is 9.59 Å². The van der Waals surface area contributed by atoms with Crippen LogP contribution in [0.3, 0.4) is 0 Å². The Balaban J connectivity index is 2.24. The number of thiocarbonyl (C=S) groups is 1. The van der Waals surface area contributed by atoms with Gasteiger partial charge in [-0.3, -0.25) is 4.79 Å². The summed E-state index contributed by atoms with van der Waals surface area (Å²) in [6, 6.07) is -0.104. The molecule has 1 fully saturated rings. The Morgan fingerprint density at radius 2 is 2.00 bits per heavy atom. The SMILES string of the molecule is CCOC(=S)C[C@H]1NC(=O)[C@H]1CCOC(=O)OCC(Cl)(Cl)Cl. The lowest BCUT2D eigenvalue weighted by atomic mass is 9.86. The summed E-state index contributed by atoms with van der Waals surface area (Å²) in [4.78, 5) is 22.7. The molecule has 0 saturated carbocycles. The van der Waals surface area contributed by atoms with Crippen LogP contribution in [0.4, 0.5) is 4.79 Å². The molecule has 0 aromatic rings. The van der Waals surface area contributed by atoms with Crippen molar-refractivity contribution in [2.24, 2.45) is 5.92 Å². The van der Waals surface area contributed by atoms with E-state index in [1.807, 2.05) is 6.92 Å². The van der Waals surface area contributed by atoms with E-state index < -0.39 is 16.6 Å². The molecule has 1 aliphatic heterocycles. The van der Waals surface area contributed by atoms with Crippen LogP contribution in [-0.4, -0.2) is 46.8 Å². The molecule has 0 aliphatic carbocycles. The average molecular weight is 393 g/mol. The maximum atomic E-state index is 11.5. The molecule has 0 unspecified atom stereocenters. The number of hydrogen-bond donors (Lipinski definition) is 1. The number of nitrogens with one attached hydrogen (secondary N) is 1. The number of ether oxygens (including phenoxy) is 3. The molecule has 6 nitrogen and oxygen atoms in total. The summed E-state index contributed by atoms with van der Waals surface area (Å²) in [5.74, 6) is -0.387. The first-order valence-corrected chi connectivity index (χ1v) is 8.09. The van der Waals surface area contributed by atoms with Crippen molar-refractivity contribution in [1.29, 1.82) is 0 Å². The van der Waals surface area contributed by atoms with E-state index >= 15 is 0 Å². The number of β-lactam (4-membered cyclic amide) rings is 1. The molecule has 0 radical (unpaired) electrons.